The third-order valence-electron chi connectivity index (χ3n) is 5.96. The minimum atomic E-state index is -3.58. The Bertz CT molecular complexity index is 1060. The molecule has 2 fully saturated rings. The molecule has 1 unspecified atom stereocenters. The van der Waals surface area contributed by atoms with Crippen LogP contribution in [0.15, 0.2) is 52.3 Å². The van der Waals surface area contributed by atoms with Gasteiger partial charge in [-0.1, -0.05) is 24.6 Å². The first-order chi connectivity index (χ1) is 15.4. The van der Waals surface area contributed by atoms with Crippen molar-refractivity contribution in [1.29, 1.82) is 0 Å². The van der Waals surface area contributed by atoms with E-state index in [0.717, 1.165) is 49.4 Å². The lowest BCUT2D eigenvalue weighted by molar-refractivity contribution is 0.102. The quantitative estimate of drug-likeness (QED) is 0.589. The number of carbonyl (C=O) groups excluding carboxylic acids is 1. The third-order valence-corrected chi connectivity index (χ3v) is 9.21. The van der Waals surface area contributed by atoms with Gasteiger partial charge < -0.3 is 10.1 Å². The smallest absolute Gasteiger partial charge is 0.256 e. The Hall–Kier alpha value is -1.87. The second-order valence-electron chi connectivity index (χ2n) is 8.34. The number of amides is 1. The van der Waals surface area contributed by atoms with E-state index >= 15 is 0 Å². The van der Waals surface area contributed by atoms with Crippen molar-refractivity contribution in [2.75, 3.05) is 30.8 Å². The number of nitrogens with one attached hydrogen (secondary N) is 1. The third kappa shape index (κ3) is 5.36. The number of nitrogens with zero attached hydrogens (tertiary/aromatic N) is 1. The number of sulfonamides is 1. The summed E-state index contributed by atoms with van der Waals surface area (Å²) in [5, 5.41) is 2.90. The predicted octanol–water partition coefficient (Wildman–Crippen LogP) is 4.69. The second kappa shape index (κ2) is 10.4. The molecule has 6 nitrogen and oxygen atoms in total. The highest BCUT2D eigenvalue weighted by Crippen LogP contribution is 2.29. The minimum Gasteiger partial charge on any atom is -0.377 e. The van der Waals surface area contributed by atoms with Gasteiger partial charge in [-0.2, -0.15) is 4.31 Å². The van der Waals surface area contributed by atoms with Crippen LogP contribution in [0.3, 0.4) is 0 Å². The Morgan fingerprint density at radius 3 is 2.66 bits per heavy atom. The van der Waals surface area contributed by atoms with Crippen LogP contribution >= 0.6 is 11.8 Å². The maximum atomic E-state index is 13.2. The molecule has 8 heteroatoms. The van der Waals surface area contributed by atoms with E-state index < -0.39 is 10.0 Å². The molecule has 0 spiro atoms. The number of hydrogen-bond acceptors (Lipinski definition) is 5. The molecule has 32 heavy (non-hydrogen) atoms. The van der Waals surface area contributed by atoms with E-state index in [1.807, 2.05) is 18.2 Å². The Balaban J connectivity index is 1.51. The second-order valence-corrected chi connectivity index (χ2v) is 11.3. The summed E-state index contributed by atoms with van der Waals surface area (Å²) < 4.78 is 33.6. The first kappa shape index (κ1) is 23.3. The van der Waals surface area contributed by atoms with E-state index in [9.17, 15) is 13.2 Å². The fourth-order valence-corrected chi connectivity index (χ4v) is 7.02. The summed E-state index contributed by atoms with van der Waals surface area (Å²) in [6.45, 7) is 3.70. The summed E-state index contributed by atoms with van der Waals surface area (Å²) >= 11 is 1.62. The Kier molecular flexibility index (Phi) is 7.55. The van der Waals surface area contributed by atoms with Crippen LogP contribution in [0, 0.1) is 6.92 Å². The van der Waals surface area contributed by atoms with Gasteiger partial charge in [-0.15, -0.1) is 11.8 Å². The van der Waals surface area contributed by atoms with Crippen LogP contribution in [0.5, 0.6) is 0 Å². The fraction of sp³-hybridized carbons (Fsp3) is 0.458. The minimum absolute atomic E-state index is 0.232. The fourth-order valence-electron chi connectivity index (χ4n) is 4.14. The van der Waals surface area contributed by atoms with Gasteiger partial charge in [0.25, 0.3) is 5.91 Å². The zero-order chi connectivity index (χ0) is 22.6. The molecule has 0 radical (unpaired) electrons. The molecule has 0 saturated carbocycles. The van der Waals surface area contributed by atoms with Gasteiger partial charge in [0.05, 0.1) is 16.6 Å². The lowest BCUT2D eigenvalue weighted by atomic mass is 10.2. The lowest BCUT2D eigenvalue weighted by Crippen LogP contribution is -2.36. The van der Waals surface area contributed by atoms with Gasteiger partial charge in [0.1, 0.15) is 0 Å². The molecule has 172 valence electrons. The summed E-state index contributed by atoms with van der Waals surface area (Å²) in [4.78, 5) is 14.2. The summed E-state index contributed by atoms with van der Waals surface area (Å²) in [5.74, 6) is 0.568. The van der Waals surface area contributed by atoms with E-state index in [2.05, 4.69) is 5.32 Å². The zero-order valence-electron chi connectivity index (χ0n) is 18.4. The van der Waals surface area contributed by atoms with Crippen LogP contribution in [0.25, 0.3) is 0 Å². The molecule has 2 aromatic rings. The number of benzene rings is 2. The van der Waals surface area contributed by atoms with Gasteiger partial charge in [-0.05, 0) is 62.4 Å². The Morgan fingerprint density at radius 2 is 1.91 bits per heavy atom. The molecule has 1 amide bonds. The molecule has 2 saturated heterocycles. The molecular weight excluding hydrogens is 444 g/mol. The van der Waals surface area contributed by atoms with Gasteiger partial charge >= 0.3 is 0 Å². The van der Waals surface area contributed by atoms with Crippen molar-refractivity contribution in [1.82, 2.24) is 4.31 Å². The molecule has 1 atom stereocenters. The van der Waals surface area contributed by atoms with Crippen molar-refractivity contribution in [3.05, 3.63) is 53.6 Å². The normalized spacial score (nSPS) is 19.7. The molecule has 4 rings (SSSR count). The van der Waals surface area contributed by atoms with E-state index in [1.54, 1.807) is 47.3 Å². The number of anilines is 1. The van der Waals surface area contributed by atoms with Crippen LogP contribution in [-0.4, -0.2) is 50.2 Å². The molecule has 2 aliphatic rings. The highest BCUT2D eigenvalue weighted by Gasteiger charge is 2.28. The molecule has 1 N–H and O–H groups in total. The molecule has 2 aromatic carbocycles. The van der Waals surface area contributed by atoms with E-state index in [-0.39, 0.29) is 16.9 Å². The molecule has 0 bridgehead atoms. The zero-order valence-corrected chi connectivity index (χ0v) is 20.0. The van der Waals surface area contributed by atoms with E-state index in [1.165, 1.54) is 0 Å². The summed E-state index contributed by atoms with van der Waals surface area (Å²) in [6, 6.07) is 12.6. The summed E-state index contributed by atoms with van der Waals surface area (Å²) in [6.07, 6.45) is 5.20. The van der Waals surface area contributed by atoms with Crippen molar-refractivity contribution in [2.24, 2.45) is 0 Å². The topological polar surface area (TPSA) is 75.7 Å². The summed E-state index contributed by atoms with van der Waals surface area (Å²) in [5.41, 5.74) is 1.74. The average molecular weight is 475 g/mol. The number of aryl methyl sites for hydroxylation is 1. The van der Waals surface area contributed by atoms with Crippen molar-refractivity contribution in [2.45, 2.75) is 54.9 Å². The van der Waals surface area contributed by atoms with Gasteiger partial charge in [0, 0.05) is 36.0 Å². The molecular formula is C24H30N2O4S2. The largest absolute Gasteiger partial charge is 0.377 e. The van der Waals surface area contributed by atoms with Crippen LogP contribution < -0.4 is 5.32 Å². The molecule has 0 aliphatic carbocycles. The van der Waals surface area contributed by atoms with Gasteiger partial charge in [-0.3, -0.25) is 4.79 Å². The van der Waals surface area contributed by atoms with Gasteiger partial charge in [-0.25, -0.2) is 8.42 Å². The molecule has 2 heterocycles. The van der Waals surface area contributed by atoms with Crippen molar-refractivity contribution in [3.8, 4) is 0 Å². The van der Waals surface area contributed by atoms with E-state index in [0.29, 0.717) is 29.9 Å². The van der Waals surface area contributed by atoms with Crippen molar-refractivity contribution >= 4 is 33.4 Å². The van der Waals surface area contributed by atoms with Crippen LogP contribution in [0.1, 0.15) is 48.0 Å². The number of rotatable bonds is 7. The van der Waals surface area contributed by atoms with E-state index in [4.69, 9.17) is 4.74 Å². The highest BCUT2D eigenvalue weighted by molar-refractivity contribution is 7.99. The Morgan fingerprint density at radius 1 is 1.12 bits per heavy atom. The van der Waals surface area contributed by atoms with Gasteiger partial charge in [0.15, 0.2) is 0 Å². The van der Waals surface area contributed by atoms with Crippen molar-refractivity contribution < 1.29 is 17.9 Å². The standard InChI is InChI=1S/C24H30N2O4S2/c1-18-11-12-19(16-23(18)32(28,29)26-13-5-2-6-14-26)25-24(27)21-9-3-4-10-22(21)31-17-20-8-7-15-30-20/h3-4,9-12,16,20H,2,5-8,13-15,17H2,1H3,(H,25,27). The first-order valence-electron chi connectivity index (χ1n) is 11.2. The Labute approximate surface area is 194 Å². The number of thioether (sulfide) groups is 1. The molecule has 0 aromatic heterocycles. The number of piperidine rings is 1. The van der Waals surface area contributed by atoms with Crippen LogP contribution in [-0.2, 0) is 14.8 Å². The number of hydrogen-bond donors (Lipinski definition) is 1. The maximum Gasteiger partial charge on any atom is 0.256 e. The van der Waals surface area contributed by atoms with Gasteiger partial charge in [0.2, 0.25) is 10.0 Å². The monoisotopic (exact) mass is 474 g/mol. The van der Waals surface area contributed by atoms with Crippen LogP contribution in [0.2, 0.25) is 0 Å². The first-order valence-corrected chi connectivity index (χ1v) is 13.6. The molecule has 2 aliphatic heterocycles. The lowest BCUT2D eigenvalue weighted by Gasteiger charge is -2.26. The SMILES string of the molecule is Cc1ccc(NC(=O)c2ccccc2SCC2CCCO2)cc1S(=O)(=O)N1CCCCC1. The van der Waals surface area contributed by atoms with Crippen molar-refractivity contribution in [3.63, 3.8) is 0 Å². The summed E-state index contributed by atoms with van der Waals surface area (Å²) in [7, 11) is -3.58. The average Bonchev–Trinajstić information content (AvgIpc) is 3.33. The highest BCUT2D eigenvalue weighted by atomic mass is 32.2. The predicted molar refractivity (Wildman–Crippen MR) is 128 cm³/mol. The maximum absolute atomic E-state index is 13.2. The number of carbonyl (C=O) groups is 1. The van der Waals surface area contributed by atoms with Crippen LogP contribution in [0.4, 0.5) is 5.69 Å². The number of ether oxygens (including phenoxy) is 1.